The van der Waals surface area contributed by atoms with Gasteiger partial charge in [-0.05, 0) is 24.2 Å². The smallest absolute Gasteiger partial charge is 0.231 e. The fourth-order valence-corrected chi connectivity index (χ4v) is 2.69. The van der Waals surface area contributed by atoms with Gasteiger partial charge >= 0.3 is 0 Å². The molecule has 0 bridgehead atoms. The first-order chi connectivity index (χ1) is 9.76. The van der Waals surface area contributed by atoms with E-state index >= 15 is 0 Å². The molecule has 0 fully saturated rings. The molecule has 0 spiro atoms. The highest BCUT2D eigenvalue weighted by molar-refractivity contribution is 7.10. The Bertz CT molecular complexity index is 605. The van der Waals surface area contributed by atoms with E-state index < -0.39 is 0 Å². The third-order valence-corrected chi connectivity index (χ3v) is 4.16. The Morgan fingerprint density at radius 2 is 2.15 bits per heavy atom. The number of ether oxygens (including phenoxy) is 2. The number of rotatable bonds is 5. The standard InChI is InChI=1S/C13H14ClN3O2S/c1-2-17(7-10-13(14)20-16-15-10)6-9-3-4-11-12(5-9)19-8-18-11/h3-5H,2,6-8H2,1H3. The molecule has 3 rings (SSSR count). The van der Waals surface area contributed by atoms with Gasteiger partial charge in [0, 0.05) is 24.6 Å². The lowest BCUT2D eigenvalue weighted by atomic mass is 10.2. The van der Waals surface area contributed by atoms with Crippen molar-refractivity contribution in [3.63, 3.8) is 0 Å². The van der Waals surface area contributed by atoms with Crippen LogP contribution in [0.4, 0.5) is 0 Å². The highest BCUT2D eigenvalue weighted by Crippen LogP contribution is 2.33. The van der Waals surface area contributed by atoms with Crippen LogP contribution in [0.15, 0.2) is 18.2 Å². The van der Waals surface area contributed by atoms with Crippen LogP contribution in [0.25, 0.3) is 0 Å². The molecule has 7 heteroatoms. The Morgan fingerprint density at radius 3 is 2.90 bits per heavy atom. The van der Waals surface area contributed by atoms with Gasteiger partial charge in [0.05, 0.1) is 0 Å². The number of hydrogen-bond acceptors (Lipinski definition) is 6. The minimum Gasteiger partial charge on any atom is -0.454 e. The zero-order valence-corrected chi connectivity index (χ0v) is 12.6. The molecule has 1 aromatic carbocycles. The Labute approximate surface area is 126 Å². The van der Waals surface area contributed by atoms with Gasteiger partial charge in [0.25, 0.3) is 0 Å². The molecule has 2 aromatic rings. The largest absolute Gasteiger partial charge is 0.454 e. The van der Waals surface area contributed by atoms with Crippen molar-refractivity contribution >= 4 is 23.1 Å². The van der Waals surface area contributed by atoms with Gasteiger partial charge in [0.15, 0.2) is 11.5 Å². The molecule has 1 aromatic heterocycles. The van der Waals surface area contributed by atoms with Crippen LogP contribution < -0.4 is 9.47 Å². The molecule has 0 unspecified atom stereocenters. The molecule has 1 aliphatic rings. The number of aromatic nitrogens is 2. The third-order valence-electron chi connectivity index (χ3n) is 3.17. The van der Waals surface area contributed by atoms with Gasteiger partial charge in [-0.15, -0.1) is 5.10 Å². The van der Waals surface area contributed by atoms with E-state index in [4.69, 9.17) is 21.1 Å². The summed E-state index contributed by atoms with van der Waals surface area (Å²) in [5, 5.41) is 4.05. The molecule has 0 atom stereocenters. The van der Waals surface area contributed by atoms with Crippen molar-refractivity contribution in [2.75, 3.05) is 13.3 Å². The summed E-state index contributed by atoms with van der Waals surface area (Å²) in [6.45, 7) is 4.82. The quantitative estimate of drug-likeness (QED) is 0.849. The van der Waals surface area contributed by atoms with Gasteiger partial charge in [0.1, 0.15) is 10.0 Å². The van der Waals surface area contributed by atoms with Gasteiger partial charge in [-0.2, -0.15) is 0 Å². The maximum absolute atomic E-state index is 6.05. The predicted molar refractivity (Wildman–Crippen MR) is 77.3 cm³/mol. The normalized spacial score (nSPS) is 13.2. The summed E-state index contributed by atoms with van der Waals surface area (Å²) in [6.07, 6.45) is 0. The van der Waals surface area contributed by atoms with E-state index in [-0.39, 0.29) is 0 Å². The first-order valence-electron chi connectivity index (χ1n) is 6.34. The van der Waals surface area contributed by atoms with Crippen LogP contribution in [0, 0.1) is 0 Å². The molecule has 0 amide bonds. The lowest BCUT2D eigenvalue weighted by Crippen LogP contribution is -2.22. The van der Waals surface area contributed by atoms with Crippen molar-refractivity contribution in [1.82, 2.24) is 14.5 Å². The third kappa shape index (κ3) is 2.87. The van der Waals surface area contributed by atoms with Crippen LogP contribution in [-0.4, -0.2) is 27.8 Å². The van der Waals surface area contributed by atoms with Crippen molar-refractivity contribution in [1.29, 1.82) is 0 Å². The van der Waals surface area contributed by atoms with Gasteiger partial charge in [-0.1, -0.05) is 29.1 Å². The van der Waals surface area contributed by atoms with E-state index in [1.165, 1.54) is 17.1 Å². The minimum atomic E-state index is 0.302. The van der Waals surface area contributed by atoms with Crippen LogP contribution in [0.3, 0.4) is 0 Å². The topological polar surface area (TPSA) is 47.5 Å². The molecule has 0 radical (unpaired) electrons. The van der Waals surface area contributed by atoms with E-state index in [9.17, 15) is 0 Å². The Balaban J connectivity index is 1.70. The summed E-state index contributed by atoms with van der Waals surface area (Å²) < 4.78 is 15.2. The highest BCUT2D eigenvalue weighted by atomic mass is 35.5. The summed E-state index contributed by atoms with van der Waals surface area (Å²) in [5.41, 5.74) is 2.01. The summed E-state index contributed by atoms with van der Waals surface area (Å²) in [5.74, 6) is 1.62. The maximum Gasteiger partial charge on any atom is 0.231 e. The Kier molecular flexibility index (Phi) is 4.05. The van der Waals surface area contributed by atoms with E-state index in [2.05, 4.69) is 27.5 Å². The molecule has 2 heterocycles. The summed E-state index contributed by atoms with van der Waals surface area (Å²) in [4.78, 5) is 2.25. The number of nitrogens with zero attached hydrogens (tertiary/aromatic N) is 3. The summed E-state index contributed by atoms with van der Waals surface area (Å²) in [7, 11) is 0. The minimum absolute atomic E-state index is 0.302. The molecule has 0 N–H and O–H groups in total. The second-order valence-electron chi connectivity index (χ2n) is 4.48. The highest BCUT2D eigenvalue weighted by Gasteiger charge is 2.15. The van der Waals surface area contributed by atoms with Gasteiger partial charge in [0.2, 0.25) is 6.79 Å². The second kappa shape index (κ2) is 5.95. The van der Waals surface area contributed by atoms with Crippen molar-refractivity contribution < 1.29 is 9.47 Å². The summed E-state index contributed by atoms with van der Waals surface area (Å²) >= 11 is 7.27. The number of benzene rings is 1. The number of fused-ring (bicyclic) bond motifs is 1. The molecular formula is C13H14ClN3O2S. The van der Waals surface area contributed by atoms with Crippen LogP contribution in [0.2, 0.25) is 4.34 Å². The molecule has 0 aliphatic carbocycles. The van der Waals surface area contributed by atoms with E-state index in [1.807, 2.05) is 12.1 Å². The number of halogens is 1. The SMILES string of the molecule is CCN(Cc1ccc2c(c1)OCO2)Cc1nnsc1Cl. The lowest BCUT2D eigenvalue weighted by Gasteiger charge is -2.19. The molecule has 0 saturated carbocycles. The monoisotopic (exact) mass is 311 g/mol. The van der Waals surface area contributed by atoms with Gasteiger partial charge < -0.3 is 9.47 Å². The lowest BCUT2D eigenvalue weighted by molar-refractivity contribution is 0.174. The molecular weight excluding hydrogens is 298 g/mol. The van der Waals surface area contributed by atoms with Crippen molar-refractivity contribution in [2.45, 2.75) is 20.0 Å². The fourth-order valence-electron chi connectivity index (χ4n) is 2.08. The molecule has 1 aliphatic heterocycles. The summed E-state index contributed by atoms with van der Waals surface area (Å²) in [6, 6.07) is 6.02. The van der Waals surface area contributed by atoms with E-state index in [1.54, 1.807) is 0 Å². The first kappa shape index (κ1) is 13.6. The average Bonchev–Trinajstić information content (AvgIpc) is 3.07. The van der Waals surface area contributed by atoms with Crippen molar-refractivity contribution in [3.05, 3.63) is 33.8 Å². The molecule has 106 valence electrons. The first-order valence-corrected chi connectivity index (χ1v) is 7.49. The van der Waals surface area contributed by atoms with E-state index in [0.717, 1.165) is 30.3 Å². The Hall–Kier alpha value is -1.37. The Morgan fingerprint density at radius 1 is 1.30 bits per heavy atom. The van der Waals surface area contributed by atoms with Crippen LogP contribution >= 0.6 is 23.1 Å². The molecule has 20 heavy (non-hydrogen) atoms. The zero-order valence-electron chi connectivity index (χ0n) is 11.0. The van der Waals surface area contributed by atoms with Crippen LogP contribution in [0.1, 0.15) is 18.2 Å². The van der Waals surface area contributed by atoms with Gasteiger partial charge in [-0.3, -0.25) is 4.90 Å². The number of hydrogen-bond donors (Lipinski definition) is 0. The maximum atomic E-state index is 6.05. The van der Waals surface area contributed by atoms with Crippen LogP contribution in [0.5, 0.6) is 11.5 Å². The predicted octanol–water partition coefficient (Wildman–Crippen LogP) is 2.94. The van der Waals surface area contributed by atoms with Gasteiger partial charge in [-0.25, -0.2) is 0 Å². The van der Waals surface area contributed by atoms with Crippen LogP contribution in [-0.2, 0) is 13.1 Å². The second-order valence-corrected chi connectivity index (χ2v) is 5.84. The average molecular weight is 312 g/mol. The van der Waals surface area contributed by atoms with Crippen molar-refractivity contribution in [3.8, 4) is 11.5 Å². The van der Waals surface area contributed by atoms with E-state index in [0.29, 0.717) is 17.7 Å². The zero-order chi connectivity index (χ0) is 13.9. The fraction of sp³-hybridized carbons (Fsp3) is 0.385. The molecule has 5 nitrogen and oxygen atoms in total. The van der Waals surface area contributed by atoms with Crippen molar-refractivity contribution in [2.24, 2.45) is 0 Å². The molecule has 0 saturated heterocycles.